The fourth-order valence-electron chi connectivity index (χ4n) is 2.68. The quantitative estimate of drug-likeness (QED) is 0.410. The highest BCUT2D eigenvalue weighted by Gasteiger charge is 2.13. The topological polar surface area (TPSA) is 82.4 Å². The predicted octanol–water partition coefficient (Wildman–Crippen LogP) is 5.64. The standard InChI is InChI=1S/C21H25N3O3S.C4H10/c1-5-24(3)21-14-19(27-6-2)11-12-20(21)17(15-22)13-16-7-9-18(10-8-16)23-28(4,25)26;1-4(2)3/h7-14,23H,5-6H2,1-4H3;4H,1-3H3/b17-13+;. The lowest BCUT2D eigenvalue weighted by molar-refractivity contribution is 0.340. The molecule has 6 nitrogen and oxygen atoms in total. The highest BCUT2D eigenvalue weighted by Crippen LogP contribution is 2.32. The number of hydrogen-bond donors (Lipinski definition) is 1. The molecular formula is C25H35N3O3S. The Hall–Kier alpha value is -2.98. The van der Waals surface area contributed by atoms with Gasteiger partial charge in [0.1, 0.15) is 5.75 Å². The van der Waals surface area contributed by atoms with Gasteiger partial charge in [-0.25, -0.2) is 8.42 Å². The molecule has 0 atom stereocenters. The van der Waals surface area contributed by atoms with Crippen LogP contribution in [0.1, 0.15) is 45.7 Å². The molecule has 0 unspecified atom stereocenters. The third-order valence-corrected chi connectivity index (χ3v) is 4.71. The summed E-state index contributed by atoms with van der Waals surface area (Å²) in [7, 11) is -1.36. The van der Waals surface area contributed by atoms with Crippen molar-refractivity contribution in [2.45, 2.75) is 34.6 Å². The van der Waals surface area contributed by atoms with E-state index < -0.39 is 10.0 Å². The molecule has 0 aliphatic carbocycles. The molecule has 0 aliphatic heterocycles. The Morgan fingerprint density at radius 2 is 1.75 bits per heavy atom. The van der Waals surface area contributed by atoms with E-state index in [-0.39, 0.29) is 0 Å². The minimum Gasteiger partial charge on any atom is -0.494 e. The molecule has 0 aromatic heterocycles. The first-order valence-corrected chi connectivity index (χ1v) is 12.6. The van der Waals surface area contributed by atoms with Crippen LogP contribution < -0.4 is 14.4 Å². The maximum absolute atomic E-state index is 11.3. The van der Waals surface area contributed by atoms with E-state index in [9.17, 15) is 13.7 Å². The summed E-state index contributed by atoms with van der Waals surface area (Å²) in [6.45, 7) is 11.8. The van der Waals surface area contributed by atoms with Crippen molar-refractivity contribution < 1.29 is 13.2 Å². The number of ether oxygens (including phenoxy) is 1. The predicted molar refractivity (Wildman–Crippen MR) is 135 cm³/mol. The van der Waals surface area contributed by atoms with Crippen molar-refractivity contribution in [1.29, 1.82) is 5.26 Å². The van der Waals surface area contributed by atoms with Gasteiger partial charge in [0.25, 0.3) is 0 Å². The Morgan fingerprint density at radius 1 is 1.16 bits per heavy atom. The molecule has 0 aliphatic rings. The first-order valence-electron chi connectivity index (χ1n) is 10.7. The van der Waals surface area contributed by atoms with Crippen LogP contribution in [0.5, 0.6) is 5.75 Å². The number of nitrogens with zero attached hydrogens (tertiary/aromatic N) is 2. The Morgan fingerprint density at radius 3 is 2.22 bits per heavy atom. The Kier molecular flexibility index (Phi) is 10.8. The van der Waals surface area contributed by atoms with Crippen LogP contribution in [0.15, 0.2) is 42.5 Å². The molecule has 0 saturated heterocycles. The molecule has 0 amide bonds. The maximum Gasteiger partial charge on any atom is 0.229 e. The molecule has 0 spiro atoms. The van der Waals surface area contributed by atoms with Crippen LogP contribution in [0.4, 0.5) is 11.4 Å². The van der Waals surface area contributed by atoms with Crippen molar-refractivity contribution >= 4 is 33.0 Å². The molecule has 2 aromatic carbocycles. The van der Waals surface area contributed by atoms with Gasteiger partial charge in [-0.15, -0.1) is 0 Å². The summed E-state index contributed by atoms with van der Waals surface area (Å²) < 4.78 is 30.7. The minimum atomic E-state index is -3.32. The third kappa shape index (κ3) is 9.44. The summed E-state index contributed by atoms with van der Waals surface area (Å²) in [5.41, 5.74) is 3.52. The average Bonchev–Trinajstić information content (AvgIpc) is 2.71. The summed E-state index contributed by atoms with van der Waals surface area (Å²) >= 11 is 0. The molecule has 2 aromatic rings. The fourth-order valence-corrected chi connectivity index (χ4v) is 3.24. The van der Waals surface area contributed by atoms with E-state index in [0.717, 1.165) is 41.3 Å². The molecular weight excluding hydrogens is 422 g/mol. The molecule has 2 rings (SSSR count). The normalized spacial score (nSPS) is 11.3. The van der Waals surface area contributed by atoms with Crippen molar-refractivity contribution in [3.8, 4) is 11.8 Å². The van der Waals surface area contributed by atoms with Crippen molar-refractivity contribution in [2.24, 2.45) is 5.92 Å². The number of hydrogen-bond acceptors (Lipinski definition) is 5. The highest BCUT2D eigenvalue weighted by atomic mass is 32.2. The molecule has 0 saturated carbocycles. The highest BCUT2D eigenvalue weighted by molar-refractivity contribution is 7.92. The molecule has 0 heterocycles. The zero-order valence-electron chi connectivity index (χ0n) is 20.1. The minimum absolute atomic E-state index is 0.477. The van der Waals surface area contributed by atoms with Crippen LogP contribution in [-0.4, -0.2) is 34.9 Å². The van der Waals surface area contributed by atoms with Crippen molar-refractivity contribution in [3.05, 3.63) is 53.6 Å². The van der Waals surface area contributed by atoms with Crippen LogP contribution >= 0.6 is 0 Å². The molecule has 0 radical (unpaired) electrons. The average molecular weight is 458 g/mol. The van der Waals surface area contributed by atoms with Crippen molar-refractivity contribution in [2.75, 3.05) is 36.1 Å². The number of nitriles is 1. The Bertz CT molecular complexity index is 1030. The van der Waals surface area contributed by atoms with E-state index in [4.69, 9.17) is 4.74 Å². The molecule has 1 N–H and O–H groups in total. The van der Waals surface area contributed by atoms with E-state index in [2.05, 4.69) is 36.5 Å². The number of rotatable bonds is 8. The lowest BCUT2D eigenvalue weighted by Gasteiger charge is -2.21. The van der Waals surface area contributed by atoms with Crippen LogP contribution in [0.3, 0.4) is 0 Å². The van der Waals surface area contributed by atoms with E-state index >= 15 is 0 Å². The van der Waals surface area contributed by atoms with Crippen molar-refractivity contribution in [3.63, 3.8) is 0 Å². The van der Waals surface area contributed by atoms with Crippen LogP contribution in [0, 0.1) is 17.2 Å². The second kappa shape index (κ2) is 12.8. The molecule has 0 fully saturated rings. The van der Waals surface area contributed by atoms with E-state index in [1.807, 2.05) is 39.1 Å². The fraction of sp³-hybridized carbons (Fsp3) is 0.400. The zero-order chi connectivity index (χ0) is 24.3. The second-order valence-corrected chi connectivity index (χ2v) is 9.77. The molecule has 7 heteroatoms. The van der Waals surface area contributed by atoms with Gasteiger partial charge in [0, 0.05) is 36.6 Å². The van der Waals surface area contributed by atoms with E-state index in [1.165, 1.54) is 0 Å². The van der Waals surface area contributed by atoms with Gasteiger partial charge in [0.2, 0.25) is 10.0 Å². The zero-order valence-corrected chi connectivity index (χ0v) is 21.0. The maximum atomic E-state index is 11.3. The van der Waals surface area contributed by atoms with Gasteiger partial charge in [0.05, 0.1) is 24.5 Å². The first-order chi connectivity index (χ1) is 15.0. The number of allylic oxidation sites excluding steroid dienone is 1. The van der Waals surface area contributed by atoms with Crippen molar-refractivity contribution in [1.82, 2.24) is 0 Å². The number of benzene rings is 2. The van der Waals surface area contributed by atoms with Gasteiger partial charge in [-0.3, -0.25) is 4.72 Å². The Labute approximate surface area is 193 Å². The van der Waals surface area contributed by atoms with Crippen LogP contribution in [0.25, 0.3) is 11.6 Å². The summed E-state index contributed by atoms with van der Waals surface area (Å²) in [5.74, 6) is 1.59. The van der Waals surface area contributed by atoms with Gasteiger partial charge in [-0.05, 0) is 55.7 Å². The number of sulfonamides is 1. The molecule has 174 valence electrons. The Balaban J connectivity index is 0.00000118. The largest absolute Gasteiger partial charge is 0.494 e. The summed E-state index contributed by atoms with van der Waals surface area (Å²) in [6, 6.07) is 14.8. The molecule has 0 bridgehead atoms. The monoisotopic (exact) mass is 457 g/mol. The lowest BCUT2D eigenvalue weighted by Crippen LogP contribution is -2.17. The van der Waals surface area contributed by atoms with E-state index in [0.29, 0.717) is 17.9 Å². The number of anilines is 2. The lowest BCUT2D eigenvalue weighted by atomic mass is 10.0. The van der Waals surface area contributed by atoms with Crippen LogP contribution in [0.2, 0.25) is 0 Å². The van der Waals surface area contributed by atoms with E-state index in [1.54, 1.807) is 30.3 Å². The summed E-state index contributed by atoms with van der Waals surface area (Å²) in [6.07, 6.45) is 2.89. The first kappa shape index (κ1) is 27.1. The SMILES string of the molecule is CC(C)C.CCOc1ccc(/C(C#N)=C/c2ccc(NS(C)(=O)=O)cc2)c(N(C)CC)c1. The molecule has 32 heavy (non-hydrogen) atoms. The van der Waals surface area contributed by atoms with Gasteiger partial charge >= 0.3 is 0 Å². The number of nitrogens with one attached hydrogen (secondary N) is 1. The van der Waals surface area contributed by atoms with Gasteiger partial charge in [0.15, 0.2) is 0 Å². The second-order valence-electron chi connectivity index (χ2n) is 8.02. The van der Waals surface area contributed by atoms with Crippen LogP contribution in [-0.2, 0) is 10.0 Å². The van der Waals surface area contributed by atoms with Gasteiger partial charge in [-0.1, -0.05) is 32.9 Å². The summed E-state index contributed by atoms with van der Waals surface area (Å²) in [5, 5.41) is 9.74. The smallest absolute Gasteiger partial charge is 0.229 e. The van der Waals surface area contributed by atoms with Gasteiger partial charge < -0.3 is 9.64 Å². The summed E-state index contributed by atoms with van der Waals surface area (Å²) in [4.78, 5) is 2.06. The van der Waals surface area contributed by atoms with Gasteiger partial charge in [-0.2, -0.15) is 5.26 Å². The third-order valence-electron chi connectivity index (χ3n) is 4.10.